The molecule has 1 aromatic rings. The number of hydrogen-bond acceptors (Lipinski definition) is 4. The molecule has 1 heterocycles. The number of piperidine rings is 1. The number of methoxy groups -OCH3 is 1. The lowest BCUT2D eigenvalue weighted by molar-refractivity contribution is -0.143. The number of rotatable bonds is 10. The van der Waals surface area contributed by atoms with E-state index < -0.39 is 0 Å². The van der Waals surface area contributed by atoms with Crippen molar-refractivity contribution in [3.05, 3.63) is 29.8 Å². The molecule has 0 aliphatic carbocycles. The lowest BCUT2D eigenvalue weighted by Crippen LogP contribution is -2.50. The van der Waals surface area contributed by atoms with Gasteiger partial charge in [-0.05, 0) is 32.4 Å². The smallest absolute Gasteiger partial charge is 0.225 e. The third-order valence-electron chi connectivity index (χ3n) is 5.39. The maximum absolute atomic E-state index is 13.1. The van der Waals surface area contributed by atoms with E-state index in [1.807, 2.05) is 36.1 Å². The maximum atomic E-state index is 13.1. The predicted molar refractivity (Wildman–Crippen MR) is 118 cm³/mol. The molecule has 2 rings (SSSR count). The molecular formula is C22H36ClN3O3. The number of hydrogen-bond donors (Lipinski definition) is 2. The molecule has 29 heavy (non-hydrogen) atoms. The lowest BCUT2D eigenvalue weighted by Gasteiger charge is -2.41. The Balaban J connectivity index is 0.00000420. The standard InChI is InChI=1S/C22H35N3O3.ClH/c1-5-7-14-25-20(26)13-12-18(22(27)24-15-16(3)23-6-2)21(25)17-10-8-9-11-19(17)28-4;/h8-11,16,18,21,23H,5-7,12-15H2,1-4H3,(H,24,27);1H/t16-,18?,21?;/m1./s1. The summed E-state index contributed by atoms with van der Waals surface area (Å²) < 4.78 is 5.57. The van der Waals surface area contributed by atoms with Crippen LogP contribution in [0.3, 0.4) is 0 Å². The summed E-state index contributed by atoms with van der Waals surface area (Å²) in [6.07, 6.45) is 2.89. The Hall–Kier alpha value is -1.79. The van der Waals surface area contributed by atoms with Gasteiger partial charge in [0.25, 0.3) is 0 Å². The molecule has 7 heteroatoms. The number of nitrogens with one attached hydrogen (secondary N) is 2. The second kappa shape index (κ2) is 12.7. The fraction of sp³-hybridized carbons (Fsp3) is 0.636. The van der Waals surface area contributed by atoms with Crippen LogP contribution in [0.25, 0.3) is 0 Å². The molecule has 3 atom stereocenters. The molecule has 1 aromatic carbocycles. The largest absolute Gasteiger partial charge is 0.496 e. The highest BCUT2D eigenvalue weighted by Crippen LogP contribution is 2.40. The molecule has 0 aromatic heterocycles. The van der Waals surface area contributed by atoms with E-state index in [0.717, 1.165) is 30.7 Å². The van der Waals surface area contributed by atoms with Crippen molar-refractivity contribution in [2.45, 2.75) is 58.5 Å². The Bertz CT molecular complexity index is 656. The second-order valence-electron chi connectivity index (χ2n) is 7.48. The number of likely N-dealkylation sites (N-methyl/N-ethyl adjacent to an activating group) is 1. The Morgan fingerprint density at radius 3 is 2.69 bits per heavy atom. The first-order valence-corrected chi connectivity index (χ1v) is 10.5. The van der Waals surface area contributed by atoms with Crippen LogP contribution in [-0.4, -0.2) is 49.5 Å². The summed E-state index contributed by atoms with van der Waals surface area (Å²) in [5.74, 6) is 0.575. The normalized spacial score (nSPS) is 20.0. The van der Waals surface area contributed by atoms with Crippen LogP contribution < -0.4 is 15.4 Å². The highest BCUT2D eigenvalue weighted by atomic mass is 35.5. The predicted octanol–water partition coefficient (Wildman–Crippen LogP) is 3.31. The van der Waals surface area contributed by atoms with E-state index in [1.165, 1.54) is 0 Å². The number of carbonyl (C=O) groups excluding carboxylic acids is 2. The molecule has 0 bridgehead atoms. The van der Waals surface area contributed by atoms with E-state index in [-0.39, 0.29) is 42.2 Å². The molecule has 6 nitrogen and oxygen atoms in total. The Kier molecular flexibility index (Phi) is 11.1. The quantitative estimate of drug-likeness (QED) is 0.603. The van der Waals surface area contributed by atoms with Crippen molar-refractivity contribution >= 4 is 24.2 Å². The minimum absolute atomic E-state index is 0. The van der Waals surface area contributed by atoms with E-state index in [4.69, 9.17) is 4.74 Å². The van der Waals surface area contributed by atoms with Gasteiger partial charge in [-0.2, -0.15) is 0 Å². The average Bonchev–Trinajstić information content (AvgIpc) is 2.71. The molecule has 0 spiro atoms. The van der Waals surface area contributed by atoms with Gasteiger partial charge in [0.1, 0.15) is 5.75 Å². The lowest BCUT2D eigenvalue weighted by atomic mass is 9.83. The van der Waals surface area contributed by atoms with Gasteiger partial charge < -0.3 is 20.3 Å². The number of unbranched alkanes of at least 4 members (excludes halogenated alkanes) is 1. The molecule has 0 saturated carbocycles. The summed E-state index contributed by atoms with van der Waals surface area (Å²) in [5.41, 5.74) is 0.911. The number of likely N-dealkylation sites (tertiary alicyclic amines) is 1. The molecule has 2 N–H and O–H groups in total. The summed E-state index contributed by atoms with van der Waals surface area (Å²) >= 11 is 0. The molecule has 1 saturated heterocycles. The maximum Gasteiger partial charge on any atom is 0.225 e. The van der Waals surface area contributed by atoms with Gasteiger partial charge in [-0.15, -0.1) is 12.4 Å². The van der Waals surface area contributed by atoms with Gasteiger partial charge >= 0.3 is 0 Å². The summed E-state index contributed by atoms with van der Waals surface area (Å²) in [6.45, 7) is 8.32. The van der Waals surface area contributed by atoms with Crippen molar-refractivity contribution in [3.8, 4) is 5.75 Å². The van der Waals surface area contributed by atoms with Crippen molar-refractivity contribution in [3.63, 3.8) is 0 Å². The van der Waals surface area contributed by atoms with Crippen molar-refractivity contribution in [2.75, 3.05) is 26.7 Å². The van der Waals surface area contributed by atoms with Crippen molar-refractivity contribution < 1.29 is 14.3 Å². The van der Waals surface area contributed by atoms with Crippen LogP contribution in [-0.2, 0) is 9.59 Å². The zero-order chi connectivity index (χ0) is 20.5. The molecule has 1 aliphatic heterocycles. The van der Waals surface area contributed by atoms with Crippen molar-refractivity contribution in [2.24, 2.45) is 5.92 Å². The number of ether oxygens (including phenoxy) is 1. The van der Waals surface area contributed by atoms with Crippen LogP contribution in [0.15, 0.2) is 24.3 Å². The molecular weight excluding hydrogens is 390 g/mol. The number of para-hydroxylation sites is 1. The van der Waals surface area contributed by atoms with Gasteiger partial charge in [-0.25, -0.2) is 0 Å². The fourth-order valence-corrected chi connectivity index (χ4v) is 3.92. The third-order valence-corrected chi connectivity index (χ3v) is 5.39. The van der Waals surface area contributed by atoms with Gasteiger partial charge in [0.05, 0.1) is 19.1 Å². The second-order valence-corrected chi connectivity index (χ2v) is 7.48. The van der Waals surface area contributed by atoms with E-state index in [2.05, 4.69) is 24.5 Å². The van der Waals surface area contributed by atoms with Crippen LogP contribution in [0, 0.1) is 5.92 Å². The topological polar surface area (TPSA) is 70.7 Å². The van der Waals surface area contributed by atoms with Gasteiger partial charge in [-0.1, -0.05) is 38.5 Å². The molecule has 1 fully saturated rings. The van der Waals surface area contributed by atoms with Crippen LogP contribution >= 0.6 is 12.4 Å². The van der Waals surface area contributed by atoms with Crippen LogP contribution in [0.2, 0.25) is 0 Å². The molecule has 0 radical (unpaired) electrons. The number of halogens is 1. The SMILES string of the molecule is CCCCN1C(=O)CCC(C(=O)NC[C@@H](C)NCC)C1c1ccccc1OC.Cl. The first-order chi connectivity index (χ1) is 13.5. The van der Waals surface area contributed by atoms with Crippen LogP contribution in [0.5, 0.6) is 5.75 Å². The number of benzene rings is 1. The summed E-state index contributed by atoms with van der Waals surface area (Å²) in [7, 11) is 1.63. The Morgan fingerprint density at radius 1 is 1.31 bits per heavy atom. The minimum Gasteiger partial charge on any atom is -0.496 e. The monoisotopic (exact) mass is 425 g/mol. The summed E-state index contributed by atoms with van der Waals surface area (Å²) in [4.78, 5) is 27.7. The highest BCUT2D eigenvalue weighted by Gasteiger charge is 2.41. The van der Waals surface area contributed by atoms with E-state index in [1.54, 1.807) is 7.11 Å². The van der Waals surface area contributed by atoms with Gasteiger partial charge in [-0.3, -0.25) is 9.59 Å². The Morgan fingerprint density at radius 2 is 2.03 bits per heavy atom. The summed E-state index contributed by atoms with van der Waals surface area (Å²) in [5, 5.41) is 6.39. The van der Waals surface area contributed by atoms with Crippen LogP contribution in [0.4, 0.5) is 0 Å². The first kappa shape index (κ1) is 25.2. The van der Waals surface area contributed by atoms with Crippen molar-refractivity contribution in [1.82, 2.24) is 15.5 Å². The van der Waals surface area contributed by atoms with Gasteiger partial charge in [0.15, 0.2) is 0 Å². The van der Waals surface area contributed by atoms with E-state index in [9.17, 15) is 9.59 Å². The van der Waals surface area contributed by atoms with E-state index >= 15 is 0 Å². The minimum atomic E-state index is -0.293. The molecule has 2 unspecified atom stereocenters. The highest BCUT2D eigenvalue weighted by molar-refractivity contribution is 5.85. The fourth-order valence-electron chi connectivity index (χ4n) is 3.92. The van der Waals surface area contributed by atoms with Gasteiger partial charge in [0, 0.05) is 31.1 Å². The van der Waals surface area contributed by atoms with Crippen molar-refractivity contribution in [1.29, 1.82) is 0 Å². The third kappa shape index (κ3) is 6.61. The number of amides is 2. The molecule has 164 valence electrons. The summed E-state index contributed by atoms with van der Waals surface area (Å²) in [6, 6.07) is 7.64. The Labute approximate surface area is 181 Å². The van der Waals surface area contributed by atoms with Crippen LogP contribution in [0.1, 0.15) is 58.1 Å². The number of nitrogens with zero attached hydrogens (tertiary/aromatic N) is 1. The average molecular weight is 426 g/mol. The molecule has 2 amide bonds. The molecule has 1 aliphatic rings. The van der Waals surface area contributed by atoms with Gasteiger partial charge in [0.2, 0.25) is 11.8 Å². The zero-order valence-electron chi connectivity index (χ0n) is 18.1. The van der Waals surface area contributed by atoms with E-state index in [0.29, 0.717) is 25.9 Å². The first-order valence-electron chi connectivity index (χ1n) is 10.5. The number of carbonyl (C=O) groups is 2. The zero-order valence-corrected chi connectivity index (χ0v) is 18.9.